The van der Waals surface area contributed by atoms with Crippen LogP contribution in [0.2, 0.25) is 0 Å². The first kappa shape index (κ1) is 21.1. The van der Waals surface area contributed by atoms with E-state index in [-0.39, 0.29) is 30.3 Å². The fourth-order valence-corrected chi connectivity index (χ4v) is 3.66. The summed E-state index contributed by atoms with van der Waals surface area (Å²) in [7, 11) is 0. The van der Waals surface area contributed by atoms with Gasteiger partial charge in [0, 0.05) is 32.1 Å². The number of hydrogen-bond acceptors (Lipinski definition) is 4. The van der Waals surface area contributed by atoms with Gasteiger partial charge in [0.05, 0.1) is 0 Å². The summed E-state index contributed by atoms with van der Waals surface area (Å²) in [5, 5.41) is 2.72. The van der Waals surface area contributed by atoms with E-state index in [9.17, 15) is 14.4 Å². The van der Waals surface area contributed by atoms with E-state index in [0.717, 1.165) is 24.8 Å². The Morgan fingerprint density at radius 1 is 1.03 bits per heavy atom. The second kappa shape index (κ2) is 9.76. The van der Waals surface area contributed by atoms with Crippen molar-refractivity contribution >= 4 is 17.9 Å². The fraction of sp³-hybridized carbons (Fsp3) is 0.591. The minimum Gasteiger partial charge on any atom is -0.445 e. The SMILES string of the molecule is CC(C)[C@H](NC(=O)OCc1ccccc1)C(=O)N1CCN(C(=O)C2CCC2)CC1. The second-order valence-corrected chi connectivity index (χ2v) is 8.21. The van der Waals surface area contributed by atoms with Crippen molar-refractivity contribution in [3.05, 3.63) is 35.9 Å². The number of nitrogens with zero attached hydrogens (tertiary/aromatic N) is 2. The molecule has 158 valence electrons. The minimum absolute atomic E-state index is 0.0681. The fourth-order valence-electron chi connectivity index (χ4n) is 3.66. The molecule has 2 fully saturated rings. The molecule has 29 heavy (non-hydrogen) atoms. The third-order valence-electron chi connectivity index (χ3n) is 5.78. The highest BCUT2D eigenvalue weighted by molar-refractivity contribution is 5.86. The molecule has 2 aliphatic rings. The van der Waals surface area contributed by atoms with E-state index in [1.807, 2.05) is 49.1 Å². The third-order valence-corrected chi connectivity index (χ3v) is 5.78. The molecule has 0 bridgehead atoms. The van der Waals surface area contributed by atoms with Gasteiger partial charge in [-0.2, -0.15) is 0 Å². The Morgan fingerprint density at radius 3 is 2.21 bits per heavy atom. The molecule has 1 saturated heterocycles. The van der Waals surface area contributed by atoms with E-state index in [4.69, 9.17) is 4.74 Å². The molecule has 3 amide bonds. The zero-order valence-electron chi connectivity index (χ0n) is 17.3. The Kier molecular flexibility index (Phi) is 7.12. The Balaban J connectivity index is 1.48. The molecule has 1 aliphatic heterocycles. The van der Waals surface area contributed by atoms with E-state index >= 15 is 0 Å². The van der Waals surface area contributed by atoms with Crippen LogP contribution >= 0.6 is 0 Å². The summed E-state index contributed by atoms with van der Waals surface area (Å²) in [5.41, 5.74) is 0.891. The van der Waals surface area contributed by atoms with Crippen LogP contribution in [0.25, 0.3) is 0 Å². The van der Waals surface area contributed by atoms with Crippen molar-refractivity contribution in [1.82, 2.24) is 15.1 Å². The first-order valence-corrected chi connectivity index (χ1v) is 10.5. The molecule has 0 radical (unpaired) electrons. The van der Waals surface area contributed by atoms with Gasteiger partial charge in [-0.05, 0) is 24.3 Å². The van der Waals surface area contributed by atoms with Crippen LogP contribution in [0, 0.1) is 11.8 Å². The maximum absolute atomic E-state index is 13.0. The predicted octanol–water partition coefficient (Wildman–Crippen LogP) is 2.41. The molecule has 0 spiro atoms. The van der Waals surface area contributed by atoms with Gasteiger partial charge in [-0.25, -0.2) is 4.79 Å². The predicted molar refractivity (Wildman–Crippen MR) is 109 cm³/mol. The summed E-state index contributed by atoms with van der Waals surface area (Å²) in [6, 6.07) is 8.77. The number of hydrogen-bond donors (Lipinski definition) is 1. The van der Waals surface area contributed by atoms with Gasteiger partial charge < -0.3 is 19.9 Å². The van der Waals surface area contributed by atoms with Crippen LogP contribution in [0.5, 0.6) is 0 Å². The van der Waals surface area contributed by atoms with Crippen LogP contribution in [0.1, 0.15) is 38.7 Å². The molecule has 7 heteroatoms. The molecule has 7 nitrogen and oxygen atoms in total. The molecule has 0 unspecified atom stereocenters. The molecule has 1 atom stereocenters. The molecule has 1 aliphatic carbocycles. The molecule has 1 N–H and O–H groups in total. The second-order valence-electron chi connectivity index (χ2n) is 8.21. The Morgan fingerprint density at radius 2 is 1.66 bits per heavy atom. The van der Waals surface area contributed by atoms with E-state index in [1.54, 1.807) is 4.90 Å². The van der Waals surface area contributed by atoms with E-state index in [0.29, 0.717) is 26.2 Å². The number of rotatable bonds is 6. The average Bonchev–Trinajstić information content (AvgIpc) is 2.69. The molecule has 1 saturated carbocycles. The maximum Gasteiger partial charge on any atom is 0.408 e. The number of carbonyl (C=O) groups is 3. The summed E-state index contributed by atoms with van der Waals surface area (Å²) < 4.78 is 5.27. The van der Waals surface area contributed by atoms with Gasteiger partial charge in [0.2, 0.25) is 11.8 Å². The van der Waals surface area contributed by atoms with E-state index in [2.05, 4.69) is 5.32 Å². The van der Waals surface area contributed by atoms with Gasteiger partial charge in [-0.3, -0.25) is 9.59 Å². The van der Waals surface area contributed by atoms with Crippen LogP contribution in [0.15, 0.2) is 30.3 Å². The smallest absolute Gasteiger partial charge is 0.408 e. The van der Waals surface area contributed by atoms with Crippen LogP contribution in [-0.2, 0) is 20.9 Å². The highest BCUT2D eigenvalue weighted by atomic mass is 16.5. The van der Waals surface area contributed by atoms with Crippen molar-refractivity contribution in [2.24, 2.45) is 11.8 Å². The van der Waals surface area contributed by atoms with Gasteiger partial charge in [-0.15, -0.1) is 0 Å². The number of amides is 3. The van der Waals surface area contributed by atoms with Crippen molar-refractivity contribution in [2.75, 3.05) is 26.2 Å². The summed E-state index contributed by atoms with van der Waals surface area (Å²) in [4.78, 5) is 41.2. The standard InChI is InChI=1S/C22H31N3O4/c1-16(2)19(23-22(28)29-15-17-7-4-3-5-8-17)21(27)25-13-11-24(12-14-25)20(26)18-9-6-10-18/h3-5,7-8,16,18-19H,6,9-15H2,1-2H3,(H,23,28)/t19-/m0/s1. The van der Waals surface area contributed by atoms with E-state index < -0.39 is 12.1 Å². The van der Waals surface area contributed by atoms with Gasteiger partial charge in [0.1, 0.15) is 12.6 Å². The van der Waals surface area contributed by atoms with Crippen molar-refractivity contribution in [2.45, 2.75) is 45.8 Å². The Labute approximate surface area is 172 Å². The van der Waals surface area contributed by atoms with E-state index in [1.165, 1.54) is 0 Å². The molecular formula is C22H31N3O4. The zero-order valence-corrected chi connectivity index (χ0v) is 17.3. The first-order valence-electron chi connectivity index (χ1n) is 10.5. The summed E-state index contributed by atoms with van der Waals surface area (Å²) in [5.74, 6) is 0.224. The molecule has 1 aromatic carbocycles. The molecule has 3 rings (SSSR count). The quantitative estimate of drug-likeness (QED) is 0.794. The van der Waals surface area contributed by atoms with Crippen molar-refractivity contribution in [3.63, 3.8) is 0 Å². The van der Waals surface area contributed by atoms with Crippen LogP contribution in [0.3, 0.4) is 0 Å². The van der Waals surface area contributed by atoms with Gasteiger partial charge >= 0.3 is 6.09 Å². The van der Waals surface area contributed by atoms with Crippen molar-refractivity contribution in [1.29, 1.82) is 0 Å². The number of nitrogens with one attached hydrogen (secondary N) is 1. The Bertz CT molecular complexity index is 710. The third kappa shape index (κ3) is 5.49. The lowest BCUT2D eigenvalue weighted by Gasteiger charge is -2.39. The van der Waals surface area contributed by atoms with Crippen LogP contribution in [0.4, 0.5) is 4.79 Å². The lowest BCUT2D eigenvalue weighted by atomic mass is 9.84. The normalized spacial score (nSPS) is 18.2. The highest BCUT2D eigenvalue weighted by Gasteiger charge is 2.34. The summed E-state index contributed by atoms with van der Waals surface area (Å²) >= 11 is 0. The number of alkyl carbamates (subject to hydrolysis) is 1. The number of piperazine rings is 1. The largest absolute Gasteiger partial charge is 0.445 e. The minimum atomic E-state index is -0.646. The zero-order chi connectivity index (χ0) is 20.8. The van der Waals surface area contributed by atoms with Gasteiger partial charge in [0.15, 0.2) is 0 Å². The van der Waals surface area contributed by atoms with Crippen LogP contribution in [-0.4, -0.2) is 59.9 Å². The Hall–Kier alpha value is -2.57. The monoisotopic (exact) mass is 401 g/mol. The van der Waals surface area contributed by atoms with Gasteiger partial charge in [0.25, 0.3) is 0 Å². The average molecular weight is 402 g/mol. The van der Waals surface area contributed by atoms with Gasteiger partial charge in [-0.1, -0.05) is 50.6 Å². The lowest BCUT2D eigenvalue weighted by molar-refractivity contribution is -0.145. The number of ether oxygens (including phenoxy) is 1. The summed E-state index contributed by atoms with van der Waals surface area (Å²) in [6.45, 7) is 6.08. The number of benzene rings is 1. The highest BCUT2D eigenvalue weighted by Crippen LogP contribution is 2.28. The first-order chi connectivity index (χ1) is 14.0. The van der Waals surface area contributed by atoms with Crippen molar-refractivity contribution in [3.8, 4) is 0 Å². The molecule has 1 aromatic rings. The maximum atomic E-state index is 13.0. The summed E-state index contributed by atoms with van der Waals surface area (Å²) in [6.07, 6.45) is 2.52. The lowest BCUT2D eigenvalue weighted by Crippen LogP contribution is -2.57. The van der Waals surface area contributed by atoms with Crippen molar-refractivity contribution < 1.29 is 19.1 Å². The van der Waals surface area contributed by atoms with Crippen LogP contribution < -0.4 is 5.32 Å². The molecule has 0 aromatic heterocycles. The number of carbonyl (C=O) groups excluding carboxylic acids is 3. The molecule has 1 heterocycles. The topological polar surface area (TPSA) is 79.0 Å². The molecular weight excluding hydrogens is 370 g/mol.